The van der Waals surface area contributed by atoms with Gasteiger partial charge in [-0.05, 0) is 18.2 Å². The van der Waals surface area contributed by atoms with Crippen molar-refractivity contribution in [3.63, 3.8) is 0 Å². The second kappa shape index (κ2) is 7.14. The third-order valence-electron chi connectivity index (χ3n) is 3.32. The normalized spacial score (nSPS) is 10.3. The first-order valence-electron chi connectivity index (χ1n) is 7.15. The molecule has 1 aromatic carbocycles. The maximum absolute atomic E-state index is 12.1. The molecule has 128 valence electrons. The molecular formula is C16H14N4O4S. The third kappa shape index (κ3) is 3.66. The number of aromatic amines is 1. The first-order valence-corrected chi connectivity index (χ1v) is 8.03. The van der Waals surface area contributed by atoms with Gasteiger partial charge in [-0.25, -0.2) is 10.1 Å². The number of aromatic nitrogens is 3. The maximum Gasteiger partial charge on any atom is 0.277 e. The number of hydrogen-bond donors (Lipinski definition) is 2. The Morgan fingerprint density at radius 2 is 2.04 bits per heavy atom. The summed E-state index contributed by atoms with van der Waals surface area (Å²) in [6.07, 6.45) is 0. The highest BCUT2D eigenvalue weighted by Gasteiger charge is 2.14. The molecule has 2 N–H and O–H groups in total. The number of carbonyl (C=O) groups excluding carboxylic acids is 1. The van der Waals surface area contributed by atoms with Crippen LogP contribution in [0.2, 0.25) is 0 Å². The van der Waals surface area contributed by atoms with Gasteiger partial charge in [-0.1, -0.05) is 0 Å². The van der Waals surface area contributed by atoms with Crippen molar-refractivity contribution >= 4 is 22.4 Å². The number of amides is 1. The number of methoxy groups -OCH3 is 2. The van der Waals surface area contributed by atoms with Gasteiger partial charge in [0.05, 0.1) is 19.9 Å². The monoisotopic (exact) mass is 358 g/mol. The highest BCUT2D eigenvalue weighted by molar-refractivity contribution is 7.14. The molecule has 1 amide bonds. The lowest BCUT2D eigenvalue weighted by Crippen LogP contribution is -2.17. The molecule has 0 bridgehead atoms. The summed E-state index contributed by atoms with van der Waals surface area (Å²) in [7, 11) is 3.14. The Hall–Kier alpha value is -3.20. The van der Waals surface area contributed by atoms with Crippen LogP contribution in [0.3, 0.4) is 0 Å². The van der Waals surface area contributed by atoms with E-state index >= 15 is 0 Å². The van der Waals surface area contributed by atoms with Crippen LogP contribution in [0.4, 0.5) is 5.13 Å². The number of anilines is 1. The van der Waals surface area contributed by atoms with Gasteiger partial charge in [-0.3, -0.25) is 14.9 Å². The summed E-state index contributed by atoms with van der Waals surface area (Å²) in [4.78, 5) is 27.5. The van der Waals surface area contributed by atoms with Gasteiger partial charge in [-0.15, -0.1) is 11.3 Å². The Bertz CT molecular complexity index is 946. The number of rotatable bonds is 5. The number of hydrogen-bond acceptors (Lipinski definition) is 7. The van der Waals surface area contributed by atoms with E-state index in [1.807, 2.05) is 6.07 Å². The van der Waals surface area contributed by atoms with E-state index in [0.717, 1.165) is 5.56 Å². The number of benzene rings is 1. The molecule has 0 radical (unpaired) electrons. The van der Waals surface area contributed by atoms with Crippen LogP contribution in [0, 0.1) is 0 Å². The SMILES string of the molecule is COc1ccc(-c2csc(NC(=O)c3ccc(=O)[nH]n3)n2)c(OC)c1. The number of ether oxygens (including phenoxy) is 2. The molecule has 9 heteroatoms. The van der Waals surface area contributed by atoms with Gasteiger partial charge in [0, 0.05) is 23.1 Å². The van der Waals surface area contributed by atoms with Crippen molar-refractivity contribution in [2.75, 3.05) is 19.5 Å². The number of H-pyrrole nitrogens is 1. The van der Waals surface area contributed by atoms with Gasteiger partial charge in [0.15, 0.2) is 5.13 Å². The summed E-state index contributed by atoms with van der Waals surface area (Å²) in [5, 5.41) is 10.8. The summed E-state index contributed by atoms with van der Waals surface area (Å²) in [5.41, 5.74) is 1.16. The largest absolute Gasteiger partial charge is 0.497 e. The van der Waals surface area contributed by atoms with Gasteiger partial charge in [0.1, 0.15) is 17.2 Å². The number of thiazole rings is 1. The first-order chi connectivity index (χ1) is 12.1. The molecule has 8 nitrogen and oxygen atoms in total. The Labute approximate surface area is 146 Å². The smallest absolute Gasteiger partial charge is 0.277 e. The molecule has 0 aliphatic rings. The zero-order valence-corrected chi connectivity index (χ0v) is 14.2. The summed E-state index contributed by atoms with van der Waals surface area (Å²) in [5.74, 6) is 0.831. The molecule has 2 heterocycles. The molecule has 0 fully saturated rings. The summed E-state index contributed by atoms with van der Waals surface area (Å²) in [6, 6.07) is 7.98. The predicted octanol–water partition coefficient (Wildman–Crippen LogP) is 2.16. The van der Waals surface area contributed by atoms with Crippen LogP contribution < -0.4 is 20.3 Å². The fraction of sp³-hybridized carbons (Fsp3) is 0.125. The Morgan fingerprint density at radius 1 is 1.20 bits per heavy atom. The van der Waals surface area contributed by atoms with Crippen LogP contribution >= 0.6 is 11.3 Å². The minimum atomic E-state index is -0.459. The molecule has 3 aromatic rings. The van der Waals surface area contributed by atoms with Crippen molar-refractivity contribution < 1.29 is 14.3 Å². The lowest BCUT2D eigenvalue weighted by atomic mass is 10.1. The maximum atomic E-state index is 12.1. The Morgan fingerprint density at radius 3 is 2.72 bits per heavy atom. The van der Waals surface area contributed by atoms with E-state index in [0.29, 0.717) is 22.3 Å². The molecule has 3 rings (SSSR count). The zero-order chi connectivity index (χ0) is 17.8. The van der Waals surface area contributed by atoms with Gasteiger partial charge < -0.3 is 9.47 Å². The average molecular weight is 358 g/mol. The van der Waals surface area contributed by atoms with E-state index in [4.69, 9.17) is 9.47 Å². The zero-order valence-electron chi connectivity index (χ0n) is 13.4. The minimum Gasteiger partial charge on any atom is -0.497 e. The van der Waals surface area contributed by atoms with Gasteiger partial charge in [0.2, 0.25) is 0 Å². The van der Waals surface area contributed by atoms with Crippen molar-refractivity contribution in [1.82, 2.24) is 15.2 Å². The topological polar surface area (TPSA) is 106 Å². The number of carbonyl (C=O) groups is 1. The predicted molar refractivity (Wildman–Crippen MR) is 93.5 cm³/mol. The molecule has 0 atom stereocenters. The van der Waals surface area contributed by atoms with E-state index in [1.54, 1.807) is 31.7 Å². The standard InChI is InChI=1S/C16H14N4O4S/c1-23-9-3-4-10(13(7-9)24-2)12-8-25-16(17-12)18-15(22)11-5-6-14(21)20-19-11/h3-8H,1-2H3,(H,20,21)(H,17,18,22). The fourth-order valence-corrected chi connectivity index (χ4v) is 2.80. The molecule has 2 aromatic heterocycles. The van der Waals surface area contributed by atoms with Gasteiger partial charge in [0.25, 0.3) is 11.5 Å². The fourth-order valence-electron chi connectivity index (χ4n) is 2.10. The highest BCUT2D eigenvalue weighted by atomic mass is 32.1. The summed E-state index contributed by atoms with van der Waals surface area (Å²) < 4.78 is 10.5. The lowest BCUT2D eigenvalue weighted by molar-refractivity contribution is 0.102. The Kier molecular flexibility index (Phi) is 4.75. The average Bonchev–Trinajstić information content (AvgIpc) is 3.09. The quantitative estimate of drug-likeness (QED) is 0.724. The molecule has 0 spiro atoms. The highest BCUT2D eigenvalue weighted by Crippen LogP contribution is 2.34. The van der Waals surface area contributed by atoms with Crippen LogP contribution in [0.15, 0.2) is 40.5 Å². The van der Waals surface area contributed by atoms with Crippen LogP contribution in [-0.2, 0) is 0 Å². The lowest BCUT2D eigenvalue weighted by Gasteiger charge is -2.08. The Balaban J connectivity index is 1.82. The van der Waals surface area contributed by atoms with E-state index in [2.05, 4.69) is 20.5 Å². The molecular weight excluding hydrogens is 344 g/mol. The van der Waals surface area contributed by atoms with E-state index in [9.17, 15) is 9.59 Å². The molecule has 0 unspecified atom stereocenters. The third-order valence-corrected chi connectivity index (χ3v) is 4.08. The number of nitrogens with zero attached hydrogens (tertiary/aromatic N) is 2. The first kappa shape index (κ1) is 16.7. The van der Waals surface area contributed by atoms with E-state index in [1.165, 1.54) is 23.5 Å². The molecule has 0 saturated carbocycles. The van der Waals surface area contributed by atoms with E-state index in [-0.39, 0.29) is 11.3 Å². The molecule has 0 saturated heterocycles. The summed E-state index contributed by atoms with van der Waals surface area (Å²) >= 11 is 1.27. The summed E-state index contributed by atoms with van der Waals surface area (Å²) in [6.45, 7) is 0. The molecule has 0 aliphatic heterocycles. The van der Waals surface area contributed by atoms with E-state index < -0.39 is 5.91 Å². The van der Waals surface area contributed by atoms with Crippen molar-refractivity contribution in [3.8, 4) is 22.8 Å². The van der Waals surface area contributed by atoms with Gasteiger partial charge in [-0.2, -0.15) is 5.10 Å². The van der Waals surface area contributed by atoms with Crippen LogP contribution in [0.25, 0.3) is 11.3 Å². The van der Waals surface area contributed by atoms with Crippen molar-refractivity contribution in [2.45, 2.75) is 0 Å². The van der Waals surface area contributed by atoms with Crippen LogP contribution in [-0.4, -0.2) is 35.3 Å². The van der Waals surface area contributed by atoms with Crippen molar-refractivity contribution in [3.05, 3.63) is 51.8 Å². The second-order valence-corrected chi connectivity index (χ2v) is 5.72. The number of nitrogens with one attached hydrogen (secondary N) is 2. The van der Waals surface area contributed by atoms with Gasteiger partial charge >= 0.3 is 0 Å². The van der Waals surface area contributed by atoms with Crippen LogP contribution in [0.5, 0.6) is 11.5 Å². The second-order valence-electron chi connectivity index (χ2n) is 4.86. The van der Waals surface area contributed by atoms with Crippen molar-refractivity contribution in [2.24, 2.45) is 0 Å². The van der Waals surface area contributed by atoms with Crippen molar-refractivity contribution in [1.29, 1.82) is 0 Å². The van der Waals surface area contributed by atoms with Crippen LogP contribution in [0.1, 0.15) is 10.5 Å². The minimum absolute atomic E-state index is 0.0957. The molecule has 25 heavy (non-hydrogen) atoms. The molecule has 0 aliphatic carbocycles.